The second-order valence-corrected chi connectivity index (χ2v) is 3.31. The van der Waals surface area contributed by atoms with Gasteiger partial charge >= 0.3 is 0 Å². The third kappa shape index (κ3) is 2.18. The van der Waals surface area contributed by atoms with Crippen LogP contribution >= 0.6 is 0 Å². The number of allylic oxidation sites excluding steroid dienone is 1. The molecule has 3 heteroatoms. The van der Waals surface area contributed by atoms with Crippen LogP contribution in [0.2, 0.25) is 0 Å². The Bertz CT molecular complexity index is 548. The molecule has 1 heterocycles. The highest BCUT2D eigenvalue weighted by Gasteiger charge is 2.02. The molecule has 0 aliphatic heterocycles. The van der Waals surface area contributed by atoms with Crippen LogP contribution in [0, 0.1) is 17.1 Å². The zero-order valence-electron chi connectivity index (χ0n) is 8.44. The zero-order valence-corrected chi connectivity index (χ0v) is 8.44. The molecule has 2 rings (SSSR count). The highest BCUT2D eigenvalue weighted by atomic mass is 19.1. The molecule has 0 radical (unpaired) electrons. The molecule has 0 saturated heterocycles. The Labute approximate surface area is 92.7 Å². The molecule has 0 fully saturated rings. The summed E-state index contributed by atoms with van der Waals surface area (Å²) in [4.78, 5) is 2.97. The van der Waals surface area contributed by atoms with Gasteiger partial charge in [-0.25, -0.2) is 4.39 Å². The maximum atomic E-state index is 13.0. The van der Waals surface area contributed by atoms with Gasteiger partial charge in [0.2, 0.25) is 0 Å². The number of aromatic nitrogens is 1. The Hall–Kier alpha value is -2.34. The lowest BCUT2D eigenvalue weighted by atomic mass is 10.1. The van der Waals surface area contributed by atoms with Gasteiger partial charge in [0, 0.05) is 11.9 Å². The van der Waals surface area contributed by atoms with Gasteiger partial charge in [0.25, 0.3) is 0 Å². The van der Waals surface area contributed by atoms with Crippen LogP contribution in [0.5, 0.6) is 0 Å². The van der Waals surface area contributed by atoms with Gasteiger partial charge in [-0.15, -0.1) is 0 Å². The lowest BCUT2D eigenvalue weighted by molar-refractivity contribution is 0.627. The van der Waals surface area contributed by atoms with Crippen LogP contribution in [-0.2, 0) is 0 Å². The topological polar surface area (TPSA) is 39.6 Å². The Morgan fingerprint density at radius 3 is 2.81 bits per heavy atom. The highest BCUT2D eigenvalue weighted by Crippen LogP contribution is 2.17. The van der Waals surface area contributed by atoms with Crippen molar-refractivity contribution < 1.29 is 4.39 Å². The summed E-state index contributed by atoms with van der Waals surface area (Å²) >= 11 is 0. The predicted octanol–water partition coefficient (Wildman–Crippen LogP) is 3.22. The van der Waals surface area contributed by atoms with Crippen molar-refractivity contribution in [3.63, 3.8) is 0 Å². The third-order valence-electron chi connectivity index (χ3n) is 2.18. The van der Waals surface area contributed by atoms with E-state index in [0.717, 1.165) is 5.69 Å². The summed E-state index contributed by atoms with van der Waals surface area (Å²) in [5.74, 6) is -0.342. The number of H-pyrrole nitrogens is 1. The van der Waals surface area contributed by atoms with Crippen LogP contribution in [0.4, 0.5) is 4.39 Å². The number of aromatic amines is 1. The Morgan fingerprint density at radius 2 is 2.19 bits per heavy atom. The van der Waals surface area contributed by atoms with Gasteiger partial charge in [-0.3, -0.25) is 0 Å². The largest absolute Gasteiger partial charge is 0.362 e. The second kappa shape index (κ2) is 4.45. The molecule has 16 heavy (non-hydrogen) atoms. The molecule has 0 bridgehead atoms. The maximum absolute atomic E-state index is 13.0. The van der Waals surface area contributed by atoms with Crippen molar-refractivity contribution in [1.29, 1.82) is 5.26 Å². The summed E-state index contributed by atoms with van der Waals surface area (Å²) in [7, 11) is 0. The Morgan fingerprint density at radius 1 is 1.31 bits per heavy atom. The molecule has 0 amide bonds. The molecule has 0 aliphatic carbocycles. The van der Waals surface area contributed by atoms with E-state index in [1.54, 1.807) is 24.4 Å². The minimum absolute atomic E-state index is 0.342. The number of nitrogens with one attached hydrogen (secondary N) is 1. The number of halogens is 1. The fourth-order valence-corrected chi connectivity index (χ4v) is 1.43. The molecule has 0 aliphatic rings. The third-order valence-corrected chi connectivity index (χ3v) is 2.18. The standard InChI is InChI=1S/C13H9FN2/c14-12-4-1-3-10(7-12)11(9-15)8-13-5-2-6-16-13/h1-8,16H/b11-8+. The molecule has 0 spiro atoms. The molecule has 1 aromatic heterocycles. The predicted molar refractivity (Wildman–Crippen MR) is 60.7 cm³/mol. The number of benzene rings is 1. The Balaban J connectivity index is 2.41. The molecule has 1 aromatic carbocycles. The first kappa shape index (κ1) is 10.2. The van der Waals surface area contributed by atoms with Gasteiger partial charge in [0.05, 0.1) is 11.6 Å². The van der Waals surface area contributed by atoms with Gasteiger partial charge in [-0.05, 0) is 35.9 Å². The normalized spacial score (nSPS) is 11.1. The summed E-state index contributed by atoms with van der Waals surface area (Å²) in [6.45, 7) is 0. The van der Waals surface area contributed by atoms with E-state index < -0.39 is 0 Å². The van der Waals surface area contributed by atoms with E-state index in [1.807, 2.05) is 12.1 Å². The maximum Gasteiger partial charge on any atom is 0.123 e. The van der Waals surface area contributed by atoms with E-state index in [2.05, 4.69) is 11.1 Å². The molecule has 0 atom stereocenters. The van der Waals surface area contributed by atoms with Crippen LogP contribution in [-0.4, -0.2) is 4.98 Å². The van der Waals surface area contributed by atoms with Crippen molar-refractivity contribution >= 4 is 11.6 Å². The number of hydrogen-bond acceptors (Lipinski definition) is 1. The van der Waals surface area contributed by atoms with Crippen LogP contribution in [0.1, 0.15) is 11.3 Å². The molecule has 0 unspecified atom stereocenters. The summed E-state index contributed by atoms with van der Waals surface area (Å²) < 4.78 is 13.0. The fraction of sp³-hybridized carbons (Fsp3) is 0. The van der Waals surface area contributed by atoms with Gasteiger partial charge in [-0.1, -0.05) is 12.1 Å². The summed E-state index contributed by atoms with van der Waals surface area (Å²) in [6.07, 6.45) is 3.46. The minimum Gasteiger partial charge on any atom is -0.362 e. The first-order valence-corrected chi connectivity index (χ1v) is 4.81. The fourth-order valence-electron chi connectivity index (χ4n) is 1.43. The number of nitriles is 1. The molecule has 78 valence electrons. The molecule has 0 saturated carbocycles. The van der Waals surface area contributed by atoms with Crippen molar-refractivity contribution in [2.45, 2.75) is 0 Å². The Kier molecular flexibility index (Phi) is 2.84. The average molecular weight is 212 g/mol. The number of rotatable bonds is 2. The van der Waals surface area contributed by atoms with Crippen molar-refractivity contribution in [1.82, 2.24) is 4.98 Å². The molecular formula is C13H9FN2. The minimum atomic E-state index is -0.342. The number of nitrogens with zero attached hydrogens (tertiary/aromatic N) is 1. The SMILES string of the molecule is N#C/C(=C\c1ccc[nH]1)c1cccc(F)c1. The molecule has 2 aromatic rings. The zero-order chi connectivity index (χ0) is 11.4. The second-order valence-electron chi connectivity index (χ2n) is 3.31. The lowest BCUT2D eigenvalue weighted by Crippen LogP contribution is -1.83. The van der Waals surface area contributed by atoms with Gasteiger partial charge in [0.15, 0.2) is 0 Å². The summed E-state index contributed by atoms with van der Waals surface area (Å²) in [5, 5.41) is 9.01. The van der Waals surface area contributed by atoms with E-state index in [1.165, 1.54) is 12.1 Å². The first-order chi connectivity index (χ1) is 7.79. The summed E-state index contributed by atoms with van der Waals surface area (Å²) in [6, 6.07) is 11.7. The smallest absolute Gasteiger partial charge is 0.123 e. The lowest BCUT2D eigenvalue weighted by Gasteiger charge is -1.98. The quantitative estimate of drug-likeness (QED) is 0.763. The molecule has 2 nitrogen and oxygen atoms in total. The van der Waals surface area contributed by atoms with E-state index >= 15 is 0 Å². The van der Waals surface area contributed by atoms with Gasteiger partial charge in [0.1, 0.15) is 5.82 Å². The van der Waals surface area contributed by atoms with Crippen molar-refractivity contribution in [2.75, 3.05) is 0 Å². The monoisotopic (exact) mass is 212 g/mol. The molecular weight excluding hydrogens is 203 g/mol. The highest BCUT2D eigenvalue weighted by molar-refractivity contribution is 5.88. The summed E-state index contributed by atoms with van der Waals surface area (Å²) in [5.41, 5.74) is 1.83. The van der Waals surface area contributed by atoms with Crippen LogP contribution < -0.4 is 0 Å². The average Bonchev–Trinajstić information content (AvgIpc) is 2.78. The van der Waals surface area contributed by atoms with Gasteiger partial charge < -0.3 is 4.98 Å². The van der Waals surface area contributed by atoms with Gasteiger partial charge in [-0.2, -0.15) is 5.26 Å². The molecule has 1 N–H and O–H groups in total. The number of hydrogen-bond donors (Lipinski definition) is 1. The van der Waals surface area contributed by atoms with E-state index in [4.69, 9.17) is 5.26 Å². The first-order valence-electron chi connectivity index (χ1n) is 4.81. The van der Waals surface area contributed by atoms with Crippen molar-refractivity contribution in [3.05, 3.63) is 59.7 Å². The van der Waals surface area contributed by atoms with Crippen LogP contribution in [0.3, 0.4) is 0 Å². The van der Waals surface area contributed by atoms with Crippen molar-refractivity contribution in [2.24, 2.45) is 0 Å². The van der Waals surface area contributed by atoms with Crippen molar-refractivity contribution in [3.8, 4) is 6.07 Å². The van der Waals surface area contributed by atoms with E-state index in [9.17, 15) is 4.39 Å². The van der Waals surface area contributed by atoms with Crippen LogP contribution in [0.15, 0.2) is 42.6 Å². The van der Waals surface area contributed by atoms with E-state index in [0.29, 0.717) is 11.1 Å². The van der Waals surface area contributed by atoms with Crippen LogP contribution in [0.25, 0.3) is 11.6 Å². The van der Waals surface area contributed by atoms with E-state index in [-0.39, 0.29) is 5.82 Å².